The Hall–Kier alpha value is -0.570. The molecule has 0 bridgehead atoms. The van der Waals surface area contributed by atoms with Gasteiger partial charge in [0.05, 0.1) is 0 Å². The maximum atomic E-state index is 11.8. The fourth-order valence-corrected chi connectivity index (χ4v) is 2.07. The third-order valence-electron chi connectivity index (χ3n) is 3.41. The molecule has 1 amide bonds. The molecule has 2 fully saturated rings. The Bertz CT molecular complexity index is 219. The first-order valence-corrected chi connectivity index (χ1v) is 5.14. The van der Waals surface area contributed by atoms with Gasteiger partial charge in [0.25, 0.3) is 0 Å². The van der Waals surface area contributed by atoms with Gasteiger partial charge in [0.1, 0.15) is 0 Å². The average molecular weight is 182 g/mol. The van der Waals surface area contributed by atoms with Crippen molar-refractivity contribution in [2.75, 3.05) is 13.1 Å². The number of nitrogens with zero attached hydrogens (tertiary/aromatic N) is 1. The Labute approximate surface area is 79.3 Å². The number of hydrogen-bond donors (Lipinski definition) is 1. The summed E-state index contributed by atoms with van der Waals surface area (Å²) in [7, 11) is 0. The van der Waals surface area contributed by atoms with Crippen LogP contribution in [0.15, 0.2) is 0 Å². The molecule has 0 aromatic carbocycles. The van der Waals surface area contributed by atoms with Crippen LogP contribution in [0.4, 0.5) is 0 Å². The normalized spacial score (nSPS) is 43.8. The van der Waals surface area contributed by atoms with Crippen molar-refractivity contribution < 1.29 is 4.79 Å². The molecular weight excluding hydrogens is 164 g/mol. The molecule has 1 aliphatic carbocycles. The van der Waals surface area contributed by atoms with Crippen LogP contribution >= 0.6 is 0 Å². The maximum absolute atomic E-state index is 11.8. The van der Waals surface area contributed by atoms with Gasteiger partial charge in [-0.3, -0.25) is 4.79 Å². The average Bonchev–Trinajstić information content (AvgIpc) is 2.70. The number of hydrogen-bond acceptors (Lipinski definition) is 2. The van der Waals surface area contributed by atoms with E-state index in [-0.39, 0.29) is 6.04 Å². The van der Waals surface area contributed by atoms with Crippen LogP contribution in [0, 0.1) is 17.8 Å². The monoisotopic (exact) mass is 182 g/mol. The Balaban J connectivity index is 1.92. The van der Waals surface area contributed by atoms with Gasteiger partial charge < -0.3 is 10.6 Å². The van der Waals surface area contributed by atoms with Crippen LogP contribution in [-0.2, 0) is 4.79 Å². The fourth-order valence-electron chi connectivity index (χ4n) is 2.07. The molecule has 1 heterocycles. The lowest BCUT2D eigenvalue weighted by atomic mass is 10.1. The quantitative estimate of drug-likeness (QED) is 0.640. The summed E-state index contributed by atoms with van der Waals surface area (Å²) in [5, 5.41) is 0. The van der Waals surface area contributed by atoms with Gasteiger partial charge in [0.2, 0.25) is 5.91 Å². The van der Waals surface area contributed by atoms with Gasteiger partial charge in [-0.05, 0) is 18.3 Å². The minimum Gasteiger partial charge on any atom is -0.341 e. The summed E-state index contributed by atoms with van der Waals surface area (Å²) in [5.74, 6) is 1.74. The third kappa shape index (κ3) is 1.57. The van der Waals surface area contributed by atoms with E-state index in [0.29, 0.717) is 23.7 Å². The molecule has 1 aliphatic heterocycles. The van der Waals surface area contributed by atoms with E-state index in [0.717, 1.165) is 19.5 Å². The molecule has 2 rings (SSSR count). The van der Waals surface area contributed by atoms with Crippen molar-refractivity contribution in [1.29, 1.82) is 0 Å². The van der Waals surface area contributed by atoms with Gasteiger partial charge in [-0.1, -0.05) is 13.8 Å². The summed E-state index contributed by atoms with van der Waals surface area (Å²) in [6.45, 7) is 5.89. The molecule has 1 saturated heterocycles. The van der Waals surface area contributed by atoms with Gasteiger partial charge >= 0.3 is 0 Å². The molecule has 74 valence electrons. The summed E-state index contributed by atoms with van der Waals surface area (Å²) < 4.78 is 0. The summed E-state index contributed by atoms with van der Waals surface area (Å²) in [6.07, 6.45) is 1.08. The molecule has 0 spiro atoms. The summed E-state index contributed by atoms with van der Waals surface area (Å²) >= 11 is 0. The van der Waals surface area contributed by atoms with E-state index >= 15 is 0 Å². The van der Waals surface area contributed by atoms with Crippen molar-refractivity contribution in [3.8, 4) is 0 Å². The largest absolute Gasteiger partial charge is 0.341 e. The van der Waals surface area contributed by atoms with Gasteiger partial charge in [0.15, 0.2) is 0 Å². The molecule has 2 aliphatic rings. The Morgan fingerprint density at radius 2 is 1.92 bits per heavy atom. The maximum Gasteiger partial charge on any atom is 0.226 e. The highest BCUT2D eigenvalue weighted by molar-refractivity contribution is 5.81. The predicted octanol–water partition coefficient (Wildman–Crippen LogP) is 0.448. The summed E-state index contributed by atoms with van der Waals surface area (Å²) in [5.41, 5.74) is 5.87. The highest BCUT2D eigenvalue weighted by Gasteiger charge is 2.43. The molecule has 0 aromatic rings. The zero-order valence-corrected chi connectivity index (χ0v) is 8.36. The van der Waals surface area contributed by atoms with E-state index in [1.807, 2.05) is 4.90 Å². The van der Waals surface area contributed by atoms with E-state index in [2.05, 4.69) is 13.8 Å². The highest BCUT2D eigenvalue weighted by Crippen LogP contribution is 2.39. The van der Waals surface area contributed by atoms with Crippen LogP contribution in [0.5, 0.6) is 0 Å². The zero-order valence-electron chi connectivity index (χ0n) is 8.36. The molecule has 13 heavy (non-hydrogen) atoms. The minimum atomic E-state index is 0.193. The molecule has 4 atom stereocenters. The van der Waals surface area contributed by atoms with Gasteiger partial charge in [-0.15, -0.1) is 0 Å². The molecule has 3 nitrogen and oxygen atoms in total. The first-order chi connectivity index (χ1) is 6.09. The number of likely N-dealkylation sites (tertiary alicyclic amines) is 1. The second kappa shape index (κ2) is 2.98. The third-order valence-corrected chi connectivity index (χ3v) is 3.41. The van der Waals surface area contributed by atoms with Gasteiger partial charge in [-0.25, -0.2) is 0 Å². The molecular formula is C10H18N2O. The number of carbonyl (C=O) groups excluding carboxylic acids is 1. The van der Waals surface area contributed by atoms with Crippen molar-refractivity contribution in [2.24, 2.45) is 23.5 Å². The van der Waals surface area contributed by atoms with Crippen molar-refractivity contribution in [1.82, 2.24) is 4.90 Å². The SMILES string of the molecule is CC1CN(C(=O)C2CC2C)CC1N. The molecule has 1 saturated carbocycles. The van der Waals surface area contributed by atoms with Crippen molar-refractivity contribution in [3.63, 3.8) is 0 Å². The lowest BCUT2D eigenvalue weighted by Gasteiger charge is -2.15. The number of amides is 1. The van der Waals surface area contributed by atoms with E-state index in [9.17, 15) is 4.79 Å². The van der Waals surface area contributed by atoms with E-state index < -0.39 is 0 Å². The smallest absolute Gasteiger partial charge is 0.226 e. The van der Waals surface area contributed by atoms with E-state index in [4.69, 9.17) is 5.73 Å². The predicted molar refractivity (Wildman–Crippen MR) is 51.0 cm³/mol. The fraction of sp³-hybridized carbons (Fsp3) is 0.900. The Morgan fingerprint density at radius 3 is 2.31 bits per heavy atom. The molecule has 0 radical (unpaired) electrons. The Kier molecular flexibility index (Phi) is 2.06. The lowest BCUT2D eigenvalue weighted by Crippen LogP contribution is -2.33. The number of nitrogens with two attached hydrogens (primary N) is 1. The standard InChI is InChI=1S/C10H18N2O/c1-6-3-8(6)10(13)12-4-7(2)9(11)5-12/h6-9H,3-5,11H2,1-2H3. The second-order valence-corrected chi connectivity index (χ2v) is 4.70. The van der Waals surface area contributed by atoms with Crippen LogP contribution < -0.4 is 5.73 Å². The molecule has 3 heteroatoms. The number of rotatable bonds is 1. The van der Waals surface area contributed by atoms with E-state index in [1.54, 1.807) is 0 Å². The highest BCUT2D eigenvalue weighted by atomic mass is 16.2. The lowest BCUT2D eigenvalue weighted by molar-refractivity contribution is -0.131. The van der Waals surface area contributed by atoms with Crippen molar-refractivity contribution >= 4 is 5.91 Å². The topological polar surface area (TPSA) is 46.3 Å². The first kappa shape index (κ1) is 9.00. The van der Waals surface area contributed by atoms with Gasteiger partial charge in [-0.2, -0.15) is 0 Å². The van der Waals surface area contributed by atoms with E-state index in [1.165, 1.54) is 0 Å². The van der Waals surface area contributed by atoms with Crippen molar-refractivity contribution in [2.45, 2.75) is 26.3 Å². The van der Waals surface area contributed by atoms with Crippen molar-refractivity contribution in [3.05, 3.63) is 0 Å². The van der Waals surface area contributed by atoms with Crippen LogP contribution in [0.1, 0.15) is 20.3 Å². The molecule has 2 N–H and O–H groups in total. The minimum absolute atomic E-state index is 0.193. The van der Waals surface area contributed by atoms with Gasteiger partial charge in [0, 0.05) is 25.0 Å². The first-order valence-electron chi connectivity index (χ1n) is 5.14. The zero-order chi connectivity index (χ0) is 9.59. The summed E-state index contributed by atoms with van der Waals surface area (Å²) in [6, 6.07) is 0.193. The molecule has 4 unspecified atom stereocenters. The van der Waals surface area contributed by atoms with Crippen LogP contribution in [0.2, 0.25) is 0 Å². The molecule has 0 aromatic heterocycles. The van der Waals surface area contributed by atoms with Crippen LogP contribution in [-0.4, -0.2) is 29.9 Å². The van der Waals surface area contributed by atoms with Crippen LogP contribution in [0.3, 0.4) is 0 Å². The second-order valence-electron chi connectivity index (χ2n) is 4.70. The summed E-state index contributed by atoms with van der Waals surface area (Å²) in [4.78, 5) is 13.7. The number of carbonyl (C=O) groups is 1. The Morgan fingerprint density at radius 1 is 1.31 bits per heavy atom. The van der Waals surface area contributed by atoms with Crippen LogP contribution in [0.25, 0.3) is 0 Å².